The Kier molecular flexibility index (Phi) is 6.35. The van der Waals surface area contributed by atoms with Crippen molar-refractivity contribution in [1.29, 1.82) is 0 Å². The Morgan fingerprint density at radius 1 is 1.14 bits per heavy atom. The van der Waals surface area contributed by atoms with Crippen molar-refractivity contribution in [2.45, 2.75) is 18.7 Å². The predicted octanol–water partition coefficient (Wildman–Crippen LogP) is 3.99. The number of thiocarbonyl (C=S) groups is 1. The second kappa shape index (κ2) is 8.93. The summed E-state index contributed by atoms with van der Waals surface area (Å²) in [5.74, 6) is 1.33. The van der Waals surface area contributed by atoms with E-state index < -0.39 is 10.0 Å². The first kappa shape index (κ1) is 20.6. The van der Waals surface area contributed by atoms with E-state index >= 15 is 0 Å². The van der Waals surface area contributed by atoms with E-state index in [-0.39, 0.29) is 10.7 Å². The molecule has 0 amide bonds. The van der Waals surface area contributed by atoms with Crippen molar-refractivity contribution in [3.8, 4) is 5.75 Å². The molecule has 0 spiro atoms. The highest BCUT2D eigenvalue weighted by Gasteiger charge is 2.16. The number of nitrogens with one attached hydrogen (secondary N) is 3. The number of anilines is 3. The second-order valence-corrected chi connectivity index (χ2v) is 8.05. The number of para-hydroxylation sites is 2. The molecule has 29 heavy (non-hydrogen) atoms. The number of sulfonamides is 1. The molecule has 1 aromatic heterocycles. The molecule has 0 aliphatic carbocycles. The molecule has 0 radical (unpaired) electrons. The first-order valence-corrected chi connectivity index (χ1v) is 10.6. The zero-order valence-corrected chi connectivity index (χ0v) is 17.4. The number of aryl methyl sites for hydroxylation is 1. The van der Waals surface area contributed by atoms with E-state index in [1.54, 1.807) is 19.1 Å². The highest BCUT2D eigenvalue weighted by Crippen LogP contribution is 2.24. The van der Waals surface area contributed by atoms with Gasteiger partial charge in [0.1, 0.15) is 11.5 Å². The number of aromatic nitrogens is 1. The third-order valence-corrected chi connectivity index (χ3v) is 5.30. The zero-order valence-electron chi connectivity index (χ0n) is 15.8. The second-order valence-electron chi connectivity index (χ2n) is 5.96. The van der Waals surface area contributed by atoms with Crippen molar-refractivity contribution in [3.05, 3.63) is 60.4 Å². The standard InChI is InChI=1S/C19H20N4O4S2/c1-3-26-17-7-5-4-6-16(17)21-19(28)20-14-8-10-15(11-9-14)29(24,25)23-18-12-13(2)27-22-18/h4-12H,3H2,1-2H3,(H,22,23)(H2,20,21,28). The maximum Gasteiger partial charge on any atom is 0.263 e. The highest BCUT2D eigenvalue weighted by atomic mass is 32.2. The first-order chi connectivity index (χ1) is 13.9. The molecule has 152 valence electrons. The fourth-order valence-electron chi connectivity index (χ4n) is 2.46. The van der Waals surface area contributed by atoms with E-state index in [1.165, 1.54) is 18.2 Å². The quantitative estimate of drug-likeness (QED) is 0.481. The summed E-state index contributed by atoms with van der Waals surface area (Å²) in [6.45, 7) is 4.12. The van der Waals surface area contributed by atoms with E-state index in [9.17, 15) is 8.42 Å². The first-order valence-electron chi connectivity index (χ1n) is 8.73. The van der Waals surface area contributed by atoms with Crippen molar-refractivity contribution in [3.63, 3.8) is 0 Å². The molecule has 10 heteroatoms. The SMILES string of the molecule is CCOc1ccccc1NC(=S)Nc1ccc(S(=O)(=O)Nc2cc(C)on2)cc1. The van der Waals surface area contributed by atoms with Crippen LogP contribution in [0.3, 0.4) is 0 Å². The average Bonchev–Trinajstić information content (AvgIpc) is 3.08. The molecule has 0 aliphatic rings. The molecule has 0 aliphatic heterocycles. The monoisotopic (exact) mass is 432 g/mol. The van der Waals surface area contributed by atoms with Gasteiger partial charge in [-0.1, -0.05) is 17.3 Å². The van der Waals surface area contributed by atoms with E-state index in [0.717, 1.165) is 5.69 Å². The van der Waals surface area contributed by atoms with Gasteiger partial charge in [0.2, 0.25) is 0 Å². The van der Waals surface area contributed by atoms with Crippen molar-refractivity contribution >= 4 is 44.5 Å². The average molecular weight is 433 g/mol. The van der Waals surface area contributed by atoms with Gasteiger partial charge in [0.25, 0.3) is 10.0 Å². The van der Waals surface area contributed by atoms with Crippen LogP contribution in [0.1, 0.15) is 12.7 Å². The highest BCUT2D eigenvalue weighted by molar-refractivity contribution is 7.92. The van der Waals surface area contributed by atoms with Gasteiger partial charge in [-0.25, -0.2) is 8.42 Å². The van der Waals surface area contributed by atoms with Crippen LogP contribution in [0.5, 0.6) is 5.75 Å². The van der Waals surface area contributed by atoms with Crippen LogP contribution in [0, 0.1) is 6.92 Å². The van der Waals surface area contributed by atoms with Gasteiger partial charge in [-0.15, -0.1) is 0 Å². The Morgan fingerprint density at radius 3 is 2.52 bits per heavy atom. The van der Waals surface area contributed by atoms with Crippen LogP contribution in [0.15, 0.2) is 64.0 Å². The van der Waals surface area contributed by atoms with E-state index in [2.05, 4.69) is 20.5 Å². The third kappa shape index (κ3) is 5.46. The fourth-order valence-corrected chi connectivity index (χ4v) is 3.68. The normalized spacial score (nSPS) is 11.0. The van der Waals surface area contributed by atoms with Gasteiger partial charge in [0, 0.05) is 11.8 Å². The predicted molar refractivity (Wildman–Crippen MR) is 116 cm³/mol. The molecule has 3 aromatic rings. The lowest BCUT2D eigenvalue weighted by Crippen LogP contribution is -2.19. The molecule has 0 unspecified atom stereocenters. The Bertz CT molecular complexity index is 1100. The van der Waals surface area contributed by atoms with Crippen LogP contribution in [0.25, 0.3) is 0 Å². The minimum atomic E-state index is -3.77. The van der Waals surface area contributed by atoms with Crippen molar-refractivity contribution in [2.75, 3.05) is 22.0 Å². The Hall–Kier alpha value is -3.11. The van der Waals surface area contributed by atoms with Crippen molar-refractivity contribution in [2.24, 2.45) is 0 Å². The Balaban J connectivity index is 1.65. The number of ether oxygens (including phenoxy) is 1. The van der Waals surface area contributed by atoms with Gasteiger partial charge in [-0.2, -0.15) is 0 Å². The molecule has 1 heterocycles. The number of nitrogens with zero attached hydrogens (tertiary/aromatic N) is 1. The van der Waals surface area contributed by atoms with Crippen LogP contribution in [0.2, 0.25) is 0 Å². The number of hydrogen-bond donors (Lipinski definition) is 3. The van der Waals surface area contributed by atoms with Crippen molar-refractivity contribution in [1.82, 2.24) is 5.16 Å². The van der Waals surface area contributed by atoms with Crippen LogP contribution < -0.4 is 20.1 Å². The molecule has 0 atom stereocenters. The largest absolute Gasteiger partial charge is 0.492 e. The number of rotatable bonds is 7. The summed E-state index contributed by atoms with van der Waals surface area (Å²) in [6, 6.07) is 15.1. The maximum absolute atomic E-state index is 12.4. The van der Waals surface area contributed by atoms with Crippen LogP contribution in [-0.2, 0) is 10.0 Å². The molecular weight excluding hydrogens is 412 g/mol. The van der Waals surface area contributed by atoms with Gasteiger partial charge in [0.15, 0.2) is 10.9 Å². The minimum absolute atomic E-state index is 0.0873. The van der Waals surface area contributed by atoms with Gasteiger partial charge in [0.05, 0.1) is 17.2 Å². The zero-order chi connectivity index (χ0) is 20.9. The van der Waals surface area contributed by atoms with Crippen LogP contribution >= 0.6 is 12.2 Å². The summed E-state index contributed by atoms with van der Waals surface area (Å²) >= 11 is 5.33. The molecule has 3 rings (SSSR count). The Labute approximate surface area is 174 Å². The van der Waals surface area contributed by atoms with E-state index in [1.807, 2.05) is 31.2 Å². The van der Waals surface area contributed by atoms with Gasteiger partial charge >= 0.3 is 0 Å². The molecule has 8 nitrogen and oxygen atoms in total. The van der Waals surface area contributed by atoms with Gasteiger partial charge < -0.3 is 19.9 Å². The third-order valence-electron chi connectivity index (χ3n) is 3.72. The number of benzene rings is 2. The summed E-state index contributed by atoms with van der Waals surface area (Å²) in [5.41, 5.74) is 1.37. The fraction of sp³-hybridized carbons (Fsp3) is 0.158. The summed E-state index contributed by atoms with van der Waals surface area (Å²) in [5, 5.41) is 10.1. The van der Waals surface area contributed by atoms with Crippen molar-refractivity contribution < 1.29 is 17.7 Å². The van der Waals surface area contributed by atoms with Crippen LogP contribution in [0.4, 0.5) is 17.2 Å². The summed E-state index contributed by atoms with van der Waals surface area (Å²) in [7, 11) is -3.77. The van der Waals surface area contributed by atoms with Gasteiger partial charge in [-0.05, 0) is 62.5 Å². The topological polar surface area (TPSA) is 105 Å². The summed E-state index contributed by atoms with van der Waals surface area (Å²) < 4.78 is 37.6. The van der Waals surface area contributed by atoms with Gasteiger partial charge in [-0.3, -0.25) is 4.72 Å². The Morgan fingerprint density at radius 2 is 1.86 bits per heavy atom. The van der Waals surface area contributed by atoms with Crippen LogP contribution in [-0.4, -0.2) is 25.3 Å². The molecule has 0 saturated carbocycles. The summed E-state index contributed by atoms with van der Waals surface area (Å²) in [6.07, 6.45) is 0. The summed E-state index contributed by atoms with van der Waals surface area (Å²) in [4.78, 5) is 0.0873. The minimum Gasteiger partial charge on any atom is -0.492 e. The molecule has 0 fully saturated rings. The molecular formula is C19H20N4O4S2. The molecule has 0 saturated heterocycles. The van der Waals surface area contributed by atoms with E-state index in [4.69, 9.17) is 21.5 Å². The molecule has 3 N–H and O–H groups in total. The number of hydrogen-bond acceptors (Lipinski definition) is 6. The molecule has 2 aromatic carbocycles. The smallest absolute Gasteiger partial charge is 0.263 e. The van der Waals surface area contributed by atoms with E-state index in [0.29, 0.717) is 28.9 Å². The lowest BCUT2D eigenvalue weighted by molar-refractivity contribution is 0.342. The lowest BCUT2D eigenvalue weighted by atomic mass is 10.3. The maximum atomic E-state index is 12.4. The lowest BCUT2D eigenvalue weighted by Gasteiger charge is -2.14. The molecule has 0 bridgehead atoms.